The van der Waals surface area contributed by atoms with Crippen LogP contribution >= 0.6 is 0 Å². The minimum atomic E-state index is -0.499. The maximum atomic E-state index is 6.47. The highest BCUT2D eigenvalue weighted by atomic mass is 16.3. The van der Waals surface area contributed by atoms with Gasteiger partial charge in [-0.05, 0) is 94.0 Å². The smallest absolute Gasteiger partial charge is 0.137 e. The van der Waals surface area contributed by atoms with Crippen molar-refractivity contribution in [2.45, 2.75) is 5.41 Å². The molecular formula is C61H42N2O. The van der Waals surface area contributed by atoms with E-state index in [1.54, 1.807) is 0 Å². The van der Waals surface area contributed by atoms with E-state index in [-0.39, 0.29) is 0 Å². The van der Waals surface area contributed by atoms with Gasteiger partial charge in [0.25, 0.3) is 0 Å². The van der Waals surface area contributed by atoms with Crippen LogP contribution in [0.15, 0.2) is 259 Å². The third-order valence-electron chi connectivity index (χ3n) is 12.9. The number of nitrogens with zero attached hydrogens (tertiary/aromatic N) is 2. The van der Waals surface area contributed by atoms with Crippen LogP contribution in [-0.4, -0.2) is 4.57 Å². The Morgan fingerprint density at radius 2 is 0.750 bits per heavy atom. The molecule has 3 heteroatoms. The lowest BCUT2D eigenvalue weighted by Gasteiger charge is -2.37. The Hall–Kier alpha value is -8.40. The van der Waals surface area contributed by atoms with E-state index in [0.717, 1.165) is 61.3 Å². The molecule has 10 aromatic carbocycles. The summed E-state index contributed by atoms with van der Waals surface area (Å²) >= 11 is 0. The molecule has 2 aromatic heterocycles. The number of hydrogen-bond donors (Lipinski definition) is 0. The van der Waals surface area contributed by atoms with Crippen LogP contribution in [-0.2, 0) is 5.41 Å². The Balaban J connectivity index is 0.983. The summed E-state index contributed by atoms with van der Waals surface area (Å²) in [6.45, 7) is 0. The minimum Gasteiger partial charge on any atom is -0.456 e. The van der Waals surface area contributed by atoms with Gasteiger partial charge in [0.1, 0.15) is 11.2 Å². The topological polar surface area (TPSA) is 21.3 Å². The first-order chi connectivity index (χ1) is 31.7. The van der Waals surface area contributed by atoms with E-state index in [1.807, 2.05) is 12.1 Å². The van der Waals surface area contributed by atoms with E-state index in [9.17, 15) is 0 Å². The van der Waals surface area contributed by atoms with Gasteiger partial charge < -0.3 is 13.9 Å². The van der Waals surface area contributed by atoms with Crippen LogP contribution < -0.4 is 4.90 Å². The first kappa shape index (κ1) is 37.4. The summed E-state index contributed by atoms with van der Waals surface area (Å²) in [7, 11) is 0. The van der Waals surface area contributed by atoms with E-state index in [0.29, 0.717) is 0 Å². The lowest BCUT2D eigenvalue weighted by Crippen LogP contribution is -2.30. The summed E-state index contributed by atoms with van der Waals surface area (Å²) in [6, 6.07) is 91.9. The van der Waals surface area contributed by atoms with Crippen molar-refractivity contribution in [1.29, 1.82) is 0 Å². The normalized spacial score (nSPS) is 11.8. The number of anilines is 3. The fourth-order valence-electron chi connectivity index (χ4n) is 10.0. The predicted molar refractivity (Wildman–Crippen MR) is 266 cm³/mol. The van der Waals surface area contributed by atoms with Crippen LogP contribution in [0.25, 0.3) is 60.6 Å². The van der Waals surface area contributed by atoms with Gasteiger partial charge in [-0.1, -0.05) is 188 Å². The van der Waals surface area contributed by atoms with Gasteiger partial charge in [0.2, 0.25) is 0 Å². The molecular weight excluding hydrogens is 777 g/mol. The van der Waals surface area contributed by atoms with E-state index in [1.165, 1.54) is 38.5 Å². The molecule has 302 valence electrons. The van der Waals surface area contributed by atoms with E-state index >= 15 is 0 Å². The highest BCUT2D eigenvalue weighted by Gasteiger charge is 2.38. The van der Waals surface area contributed by atoms with Crippen molar-refractivity contribution in [1.82, 2.24) is 4.57 Å². The summed E-state index contributed by atoms with van der Waals surface area (Å²) in [4.78, 5) is 2.35. The second kappa shape index (κ2) is 15.5. The molecule has 0 unspecified atom stereocenters. The molecule has 0 bridgehead atoms. The average Bonchev–Trinajstić information content (AvgIpc) is 3.91. The average molecular weight is 819 g/mol. The predicted octanol–water partition coefficient (Wildman–Crippen LogP) is 16.2. The highest BCUT2D eigenvalue weighted by Crippen LogP contribution is 2.46. The number of hydrogen-bond acceptors (Lipinski definition) is 2. The third-order valence-corrected chi connectivity index (χ3v) is 12.9. The third kappa shape index (κ3) is 6.13. The summed E-state index contributed by atoms with van der Waals surface area (Å²) < 4.78 is 8.84. The largest absolute Gasteiger partial charge is 0.456 e. The van der Waals surface area contributed by atoms with Crippen LogP contribution in [0.5, 0.6) is 0 Å². The molecule has 0 atom stereocenters. The number of rotatable bonds is 9. The molecule has 12 aromatic rings. The van der Waals surface area contributed by atoms with Gasteiger partial charge in [0.15, 0.2) is 0 Å². The van der Waals surface area contributed by atoms with E-state index in [2.05, 4.69) is 252 Å². The molecule has 0 radical (unpaired) electrons. The molecule has 0 aliphatic carbocycles. The van der Waals surface area contributed by atoms with Crippen molar-refractivity contribution in [3.63, 3.8) is 0 Å². The van der Waals surface area contributed by atoms with Gasteiger partial charge in [-0.25, -0.2) is 0 Å². The zero-order valence-electron chi connectivity index (χ0n) is 35.1. The molecule has 0 saturated carbocycles. The standard InChI is InChI=1S/C61H42N2O/c1-5-17-45(18-6-1)61(46-19-7-2-8-20-46,47-21-9-3-10-22-47)48-33-29-43(30-34-48)44-31-35-50(36-32-44)62(52-38-40-56-55-26-14-16-28-59(55)64-60(56)42-52)51-37-39-54-53-25-13-15-27-57(53)63(58(54)41-51)49-23-11-4-12-24-49/h1-42H. The molecule has 0 saturated heterocycles. The zero-order chi connectivity index (χ0) is 42.5. The van der Waals surface area contributed by atoms with Crippen LogP contribution in [0.4, 0.5) is 17.1 Å². The zero-order valence-corrected chi connectivity index (χ0v) is 35.1. The Morgan fingerprint density at radius 1 is 0.312 bits per heavy atom. The Kier molecular flexibility index (Phi) is 9.05. The Morgan fingerprint density at radius 3 is 1.38 bits per heavy atom. The van der Waals surface area contributed by atoms with Crippen molar-refractivity contribution in [3.8, 4) is 16.8 Å². The van der Waals surface area contributed by atoms with Crippen LogP contribution in [0.2, 0.25) is 0 Å². The number of aromatic nitrogens is 1. The first-order valence-corrected chi connectivity index (χ1v) is 21.9. The fraction of sp³-hybridized carbons (Fsp3) is 0.0164. The summed E-state index contributed by atoms with van der Waals surface area (Å²) in [5, 5.41) is 4.67. The quantitative estimate of drug-likeness (QED) is 0.135. The van der Waals surface area contributed by atoms with Crippen LogP contribution in [0.1, 0.15) is 22.3 Å². The maximum absolute atomic E-state index is 6.47. The second-order valence-electron chi connectivity index (χ2n) is 16.5. The molecule has 0 amide bonds. The van der Waals surface area contributed by atoms with Gasteiger partial charge in [0.05, 0.1) is 16.4 Å². The number of para-hydroxylation sites is 3. The van der Waals surface area contributed by atoms with Crippen molar-refractivity contribution < 1.29 is 4.42 Å². The van der Waals surface area contributed by atoms with Gasteiger partial charge in [-0.3, -0.25) is 0 Å². The molecule has 3 nitrogen and oxygen atoms in total. The van der Waals surface area contributed by atoms with Gasteiger partial charge >= 0.3 is 0 Å². The molecule has 64 heavy (non-hydrogen) atoms. The number of fused-ring (bicyclic) bond motifs is 6. The van der Waals surface area contributed by atoms with E-state index in [4.69, 9.17) is 4.42 Å². The van der Waals surface area contributed by atoms with Crippen LogP contribution in [0.3, 0.4) is 0 Å². The van der Waals surface area contributed by atoms with Crippen molar-refractivity contribution in [3.05, 3.63) is 277 Å². The first-order valence-electron chi connectivity index (χ1n) is 21.9. The van der Waals surface area contributed by atoms with E-state index < -0.39 is 5.41 Å². The molecule has 0 fully saturated rings. The van der Waals surface area contributed by atoms with Gasteiger partial charge in [0, 0.05) is 50.4 Å². The van der Waals surface area contributed by atoms with Crippen molar-refractivity contribution in [2.75, 3.05) is 4.90 Å². The molecule has 0 aliphatic rings. The number of benzene rings is 10. The molecule has 12 rings (SSSR count). The second-order valence-corrected chi connectivity index (χ2v) is 16.5. The molecule has 0 N–H and O–H groups in total. The summed E-state index contributed by atoms with van der Waals surface area (Å²) in [6.07, 6.45) is 0. The maximum Gasteiger partial charge on any atom is 0.137 e. The monoisotopic (exact) mass is 818 g/mol. The lowest BCUT2D eigenvalue weighted by atomic mass is 9.65. The Labute approximate surface area is 372 Å². The number of furan rings is 1. The minimum absolute atomic E-state index is 0.499. The van der Waals surface area contributed by atoms with Crippen LogP contribution in [0, 0.1) is 0 Å². The Bertz CT molecular complexity index is 3480. The van der Waals surface area contributed by atoms with Crippen molar-refractivity contribution >= 4 is 60.8 Å². The highest BCUT2D eigenvalue weighted by molar-refractivity contribution is 6.11. The molecule has 2 heterocycles. The lowest BCUT2D eigenvalue weighted by molar-refractivity contribution is 0.669. The fourth-order valence-corrected chi connectivity index (χ4v) is 10.0. The molecule has 0 aliphatic heterocycles. The van der Waals surface area contributed by atoms with Crippen molar-refractivity contribution in [2.24, 2.45) is 0 Å². The van der Waals surface area contributed by atoms with Gasteiger partial charge in [-0.15, -0.1) is 0 Å². The van der Waals surface area contributed by atoms with Gasteiger partial charge in [-0.2, -0.15) is 0 Å². The summed E-state index contributed by atoms with van der Waals surface area (Å²) in [5.41, 5.74) is 15.0. The summed E-state index contributed by atoms with van der Waals surface area (Å²) in [5.74, 6) is 0. The SMILES string of the molecule is c1ccc(-n2c3ccccc3c3ccc(N(c4ccc(-c5ccc(C(c6ccccc6)(c6ccccc6)c6ccccc6)cc5)cc4)c4ccc5c(c4)oc4ccccc45)cc32)cc1. The molecule has 0 spiro atoms.